The minimum absolute atomic E-state index is 0.228. The molecular weight excluding hydrogens is 326 g/mol. The van der Waals surface area contributed by atoms with E-state index in [2.05, 4.69) is 25.9 Å². The van der Waals surface area contributed by atoms with Crippen molar-refractivity contribution in [3.8, 4) is 0 Å². The summed E-state index contributed by atoms with van der Waals surface area (Å²) in [5, 5.41) is 9.45. The number of urea groups is 1. The molecule has 3 amide bonds. The molecule has 0 saturated heterocycles. The van der Waals surface area contributed by atoms with Crippen molar-refractivity contribution in [2.75, 3.05) is 11.9 Å². The normalized spacial score (nSPS) is 11.4. The van der Waals surface area contributed by atoms with Gasteiger partial charge in [-0.25, -0.2) is 14.8 Å². The van der Waals surface area contributed by atoms with Crippen molar-refractivity contribution in [3.05, 3.63) is 42.7 Å². The van der Waals surface area contributed by atoms with Gasteiger partial charge < -0.3 is 16.0 Å². The van der Waals surface area contributed by atoms with Gasteiger partial charge in [-0.3, -0.25) is 4.79 Å². The number of carbonyl (C=O) groups excluding carboxylic acids is 2. The van der Waals surface area contributed by atoms with Gasteiger partial charge in [0, 0.05) is 24.6 Å². The quantitative estimate of drug-likeness (QED) is 0.746. The third-order valence-corrected chi connectivity index (χ3v) is 3.81. The van der Waals surface area contributed by atoms with E-state index >= 15 is 0 Å². The zero-order valence-corrected chi connectivity index (χ0v) is 14.3. The average molecular weight is 345 g/mol. The molecule has 1 atom stereocenters. The maximum atomic E-state index is 12.0. The number of anilines is 1. The van der Waals surface area contributed by atoms with Crippen LogP contribution in [0.1, 0.15) is 13.8 Å². The van der Waals surface area contributed by atoms with E-state index in [-0.39, 0.29) is 5.91 Å². The van der Waals surface area contributed by atoms with Crippen LogP contribution in [0, 0.1) is 0 Å². The van der Waals surface area contributed by atoms with Crippen molar-refractivity contribution in [2.24, 2.45) is 0 Å². The lowest BCUT2D eigenvalue weighted by Gasteiger charge is -2.14. The van der Waals surface area contributed by atoms with Crippen LogP contribution in [-0.4, -0.2) is 34.5 Å². The van der Waals surface area contributed by atoms with Crippen molar-refractivity contribution in [1.29, 1.82) is 0 Å². The maximum Gasteiger partial charge on any atom is 0.319 e. The number of pyridine rings is 2. The fourth-order valence-corrected chi connectivity index (χ4v) is 2.59. The molecule has 0 fully saturated rings. The van der Waals surface area contributed by atoms with Crippen LogP contribution in [-0.2, 0) is 4.79 Å². The molecule has 8 heteroatoms. The van der Waals surface area contributed by atoms with Crippen molar-refractivity contribution in [2.45, 2.75) is 29.9 Å². The topological polar surface area (TPSA) is 96.0 Å². The second-order valence-electron chi connectivity index (χ2n) is 4.87. The number of amides is 3. The third kappa shape index (κ3) is 5.54. The summed E-state index contributed by atoms with van der Waals surface area (Å²) in [6, 6.07) is 7.98. The standard InChI is InChI=1S/C16H19N5O2S/c1-3-17-15(22)11(2)20-16(23)21-12-7-9-19-14(10-12)24-13-6-4-5-8-18-13/h4-11H,3H2,1-2H3,(H,17,22)(H2,19,20,21,23)/t11-/m0/s1. The van der Waals surface area contributed by atoms with E-state index in [4.69, 9.17) is 0 Å². The summed E-state index contributed by atoms with van der Waals surface area (Å²) in [6.07, 6.45) is 3.31. The van der Waals surface area contributed by atoms with Gasteiger partial charge >= 0.3 is 6.03 Å². The summed E-state index contributed by atoms with van der Waals surface area (Å²) in [6.45, 7) is 3.97. The van der Waals surface area contributed by atoms with E-state index in [1.165, 1.54) is 11.8 Å². The molecule has 0 unspecified atom stereocenters. The van der Waals surface area contributed by atoms with E-state index < -0.39 is 12.1 Å². The Morgan fingerprint density at radius 3 is 2.67 bits per heavy atom. The van der Waals surface area contributed by atoms with E-state index in [1.54, 1.807) is 31.5 Å². The molecule has 2 aromatic heterocycles. The van der Waals surface area contributed by atoms with Gasteiger partial charge in [-0.05, 0) is 38.1 Å². The monoisotopic (exact) mass is 345 g/mol. The first-order valence-electron chi connectivity index (χ1n) is 7.48. The smallest absolute Gasteiger partial charge is 0.319 e. The molecule has 0 radical (unpaired) electrons. The zero-order valence-electron chi connectivity index (χ0n) is 13.4. The molecule has 24 heavy (non-hydrogen) atoms. The van der Waals surface area contributed by atoms with Crippen molar-refractivity contribution < 1.29 is 9.59 Å². The lowest BCUT2D eigenvalue weighted by Crippen LogP contribution is -2.46. The highest BCUT2D eigenvalue weighted by Crippen LogP contribution is 2.25. The van der Waals surface area contributed by atoms with Gasteiger partial charge in [-0.1, -0.05) is 17.8 Å². The molecule has 0 saturated carbocycles. The predicted molar refractivity (Wildman–Crippen MR) is 92.9 cm³/mol. The summed E-state index contributed by atoms with van der Waals surface area (Å²) >= 11 is 1.40. The molecule has 2 aromatic rings. The number of hydrogen-bond donors (Lipinski definition) is 3. The number of carbonyl (C=O) groups is 2. The fraction of sp³-hybridized carbons (Fsp3) is 0.250. The van der Waals surface area contributed by atoms with Crippen LogP contribution >= 0.6 is 11.8 Å². The highest BCUT2D eigenvalue weighted by Gasteiger charge is 2.14. The van der Waals surface area contributed by atoms with Crippen LogP contribution in [0.15, 0.2) is 52.8 Å². The van der Waals surface area contributed by atoms with Gasteiger partial charge in [0.15, 0.2) is 0 Å². The van der Waals surface area contributed by atoms with E-state index in [9.17, 15) is 9.59 Å². The number of nitrogens with zero attached hydrogens (tertiary/aromatic N) is 2. The molecule has 7 nitrogen and oxygen atoms in total. The molecule has 3 N–H and O–H groups in total. The van der Waals surface area contributed by atoms with Gasteiger partial charge in [-0.15, -0.1) is 0 Å². The van der Waals surface area contributed by atoms with Crippen LogP contribution in [0.4, 0.5) is 10.5 Å². The summed E-state index contributed by atoms with van der Waals surface area (Å²) < 4.78 is 0. The molecule has 0 aliphatic rings. The van der Waals surface area contributed by atoms with E-state index in [0.717, 1.165) is 5.03 Å². The summed E-state index contributed by atoms with van der Waals surface area (Å²) in [7, 11) is 0. The lowest BCUT2D eigenvalue weighted by molar-refractivity contribution is -0.122. The Kier molecular flexibility index (Phi) is 6.56. The van der Waals surface area contributed by atoms with Gasteiger partial charge in [-0.2, -0.15) is 0 Å². The molecule has 0 aliphatic carbocycles. The van der Waals surface area contributed by atoms with Crippen LogP contribution < -0.4 is 16.0 Å². The Balaban J connectivity index is 1.94. The molecule has 2 heterocycles. The summed E-state index contributed by atoms with van der Waals surface area (Å²) in [5.74, 6) is -0.228. The maximum absolute atomic E-state index is 12.0. The molecule has 0 spiro atoms. The Hall–Kier alpha value is -2.61. The number of aromatic nitrogens is 2. The minimum Gasteiger partial charge on any atom is -0.355 e. The number of likely N-dealkylation sites (N-methyl/N-ethyl adjacent to an activating group) is 1. The Morgan fingerprint density at radius 2 is 1.96 bits per heavy atom. The second kappa shape index (κ2) is 8.88. The molecule has 0 aliphatic heterocycles. The van der Waals surface area contributed by atoms with Crippen LogP contribution in [0.25, 0.3) is 0 Å². The SMILES string of the molecule is CCNC(=O)[C@H](C)NC(=O)Nc1ccnc(Sc2ccccn2)c1. The fourth-order valence-electron chi connectivity index (χ4n) is 1.81. The molecule has 126 valence electrons. The largest absolute Gasteiger partial charge is 0.355 e. The molecule has 0 aromatic carbocycles. The molecule has 0 bridgehead atoms. The van der Waals surface area contributed by atoms with Crippen molar-refractivity contribution >= 4 is 29.4 Å². The highest BCUT2D eigenvalue weighted by atomic mass is 32.2. The lowest BCUT2D eigenvalue weighted by atomic mass is 10.3. The summed E-state index contributed by atoms with van der Waals surface area (Å²) in [4.78, 5) is 32.0. The Morgan fingerprint density at radius 1 is 1.17 bits per heavy atom. The number of rotatable bonds is 6. The first-order chi connectivity index (χ1) is 11.6. The van der Waals surface area contributed by atoms with Gasteiger partial charge in [0.25, 0.3) is 0 Å². The van der Waals surface area contributed by atoms with E-state index in [1.807, 2.05) is 25.1 Å². The van der Waals surface area contributed by atoms with Gasteiger partial charge in [0.1, 0.15) is 16.1 Å². The predicted octanol–water partition coefficient (Wildman–Crippen LogP) is 2.27. The number of hydrogen-bond acceptors (Lipinski definition) is 5. The van der Waals surface area contributed by atoms with Crippen molar-refractivity contribution in [3.63, 3.8) is 0 Å². The molecular formula is C16H19N5O2S. The second-order valence-corrected chi connectivity index (χ2v) is 5.91. The number of nitrogens with one attached hydrogen (secondary N) is 3. The van der Waals surface area contributed by atoms with Crippen molar-refractivity contribution in [1.82, 2.24) is 20.6 Å². The first-order valence-corrected chi connectivity index (χ1v) is 8.30. The highest BCUT2D eigenvalue weighted by molar-refractivity contribution is 7.99. The van der Waals surface area contributed by atoms with E-state index in [0.29, 0.717) is 17.3 Å². The average Bonchev–Trinajstić information content (AvgIpc) is 2.56. The summed E-state index contributed by atoms with van der Waals surface area (Å²) in [5.41, 5.74) is 0.587. The van der Waals surface area contributed by atoms with Crippen LogP contribution in [0.2, 0.25) is 0 Å². The Labute approximate surface area is 144 Å². The molecule has 2 rings (SSSR count). The minimum atomic E-state index is -0.617. The third-order valence-electron chi connectivity index (χ3n) is 2.93. The van der Waals surface area contributed by atoms with Gasteiger partial charge in [0.05, 0.1) is 0 Å². The first kappa shape index (κ1) is 17.7. The van der Waals surface area contributed by atoms with Gasteiger partial charge in [0.2, 0.25) is 5.91 Å². The van der Waals surface area contributed by atoms with Crippen LogP contribution in [0.3, 0.4) is 0 Å². The van der Waals surface area contributed by atoms with Crippen LogP contribution in [0.5, 0.6) is 0 Å². The Bertz CT molecular complexity index is 696. The zero-order chi connectivity index (χ0) is 17.4.